The molecule has 0 radical (unpaired) electrons. The molecule has 0 bridgehead atoms. The van der Waals surface area contributed by atoms with E-state index in [9.17, 15) is 9.90 Å². The molecule has 0 unspecified atom stereocenters. The van der Waals surface area contributed by atoms with Gasteiger partial charge in [-0.15, -0.1) is 10.2 Å². The highest BCUT2D eigenvalue weighted by Gasteiger charge is 2.17. The maximum Gasteiger partial charge on any atom is 0.342 e. The minimum absolute atomic E-state index is 0.0472. The van der Waals surface area contributed by atoms with Crippen molar-refractivity contribution >= 4 is 80.6 Å². The Morgan fingerprint density at radius 2 is 1.83 bits per heavy atom. The van der Waals surface area contributed by atoms with E-state index >= 15 is 0 Å². The van der Waals surface area contributed by atoms with Crippen LogP contribution < -0.4 is 4.74 Å². The standard InChI is InChI=1S/C20H15ClI2N2O4S/c1-10(2)28-17-14(22)7-11(8-15(17)23)9-16(19(26)27)30-20-25-24-18(29-20)12-3-5-13(21)6-4-12/h3-10H,1-2H3,(H,26,27)/b16-9-. The summed E-state index contributed by atoms with van der Waals surface area (Å²) in [6.07, 6.45) is 1.62. The molecule has 0 atom stereocenters. The molecule has 30 heavy (non-hydrogen) atoms. The van der Waals surface area contributed by atoms with Crippen molar-refractivity contribution in [3.63, 3.8) is 0 Å². The number of benzene rings is 2. The van der Waals surface area contributed by atoms with Gasteiger partial charge >= 0.3 is 5.97 Å². The molecule has 0 aliphatic rings. The summed E-state index contributed by atoms with van der Waals surface area (Å²) in [5.74, 6) is -0.00524. The molecule has 0 amide bonds. The first kappa shape index (κ1) is 23.4. The fraction of sp³-hybridized carbons (Fsp3) is 0.150. The predicted molar refractivity (Wildman–Crippen MR) is 134 cm³/mol. The normalized spacial score (nSPS) is 11.7. The minimum Gasteiger partial charge on any atom is -0.489 e. The van der Waals surface area contributed by atoms with E-state index in [0.29, 0.717) is 10.6 Å². The van der Waals surface area contributed by atoms with Crippen molar-refractivity contribution in [3.05, 3.63) is 59.0 Å². The molecule has 1 heterocycles. The van der Waals surface area contributed by atoms with Crippen molar-refractivity contribution < 1.29 is 19.1 Å². The fourth-order valence-electron chi connectivity index (χ4n) is 2.35. The lowest BCUT2D eigenvalue weighted by molar-refractivity contribution is -0.131. The monoisotopic (exact) mass is 668 g/mol. The second kappa shape index (κ2) is 10.3. The zero-order valence-corrected chi connectivity index (χ0v) is 21.6. The zero-order valence-electron chi connectivity index (χ0n) is 15.7. The quantitative estimate of drug-likeness (QED) is 0.173. The number of thioether (sulfide) groups is 1. The van der Waals surface area contributed by atoms with Crippen molar-refractivity contribution in [3.8, 4) is 17.2 Å². The SMILES string of the molecule is CC(C)Oc1c(I)cc(/C=C(\Sc2nnc(-c3ccc(Cl)cc3)o2)C(=O)O)cc1I. The van der Waals surface area contributed by atoms with Crippen LogP contribution >= 0.6 is 68.5 Å². The summed E-state index contributed by atoms with van der Waals surface area (Å²) in [5, 5.41) is 18.3. The number of hydrogen-bond acceptors (Lipinski definition) is 6. The molecular formula is C20H15ClI2N2O4S. The summed E-state index contributed by atoms with van der Waals surface area (Å²) in [4.78, 5) is 11.8. The Labute approximate surface area is 209 Å². The van der Waals surface area contributed by atoms with Crippen molar-refractivity contribution in [2.45, 2.75) is 25.2 Å². The molecule has 0 spiro atoms. The second-order valence-electron chi connectivity index (χ2n) is 6.28. The number of aliphatic carboxylic acids is 1. The molecular weight excluding hydrogens is 654 g/mol. The zero-order chi connectivity index (χ0) is 21.8. The smallest absolute Gasteiger partial charge is 0.342 e. The molecule has 1 N–H and O–H groups in total. The van der Waals surface area contributed by atoms with Crippen molar-refractivity contribution in [1.29, 1.82) is 0 Å². The highest BCUT2D eigenvalue weighted by Crippen LogP contribution is 2.33. The summed E-state index contributed by atoms with van der Waals surface area (Å²) in [6.45, 7) is 3.92. The summed E-state index contributed by atoms with van der Waals surface area (Å²) < 4.78 is 13.2. The van der Waals surface area contributed by atoms with Crippen LogP contribution in [0.2, 0.25) is 5.02 Å². The third-order valence-electron chi connectivity index (χ3n) is 3.58. The molecule has 1 aromatic heterocycles. The lowest BCUT2D eigenvalue weighted by Gasteiger charge is -2.14. The number of carboxylic acids is 1. The lowest BCUT2D eigenvalue weighted by atomic mass is 10.2. The Balaban J connectivity index is 1.86. The van der Waals surface area contributed by atoms with Crippen molar-refractivity contribution in [2.75, 3.05) is 0 Å². The molecule has 0 saturated heterocycles. The first-order valence-electron chi connectivity index (χ1n) is 8.61. The number of carboxylic acid groups (broad SMARTS) is 1. The van der Waals surface area contributed by atoms with Gasteiger partial charge in [-0.2, -0.15) is 0 Å². The van der Waals surface area contributed by atoms with Gasteiger partial charge in [-0.1, -0.05) is 11.6 Å². The molecule has 3 rings (SSSR count). The average Bonchev–Trinajstić information content (AvgIpc) is 3.13. The first-order valence-corrected chi connectivity index (χ1v) is 12.0. The van der Waals surface area contributed by atoms with Gasteiger partial charge in [0.1, 0.15) is 10.7 Å². The van der Waals surface area contributed by atoms with Gasteiger partial charge in [0, 0.05) is 10.6 Å². The number of nitrogens with zero attached hydrogens (tertiary/aromatic N) is 2. The number of ether oxygens (including phenoxy) is 1. The van der Waals surface area contributed by atoms with Crippen LogP contribution in [0.4, 0.5) is 0 Å². The number of rotatable bonds is 7. The van der Waals surface area contributed by atoms with Gasteiger partial charge < -0.3 is 14.3 Å². The van der Waals surface area contributed by atoms with Crippen LogP contribution in [0.15, 0.2) is 50.9 Å². The van der Waals surface area contributed by atoms with E-state index in [1.807, 2.05) is 26.0 Å². The number of aromatic nitrogens is 2. The maximum atomic E-state index is 11.8. The molecule has 0 fully saturated rings. The topological polar surface area (TPSA) is 85.5 Å². The molecule has 3 aromatic rings. The number of hydrogen-bond donors (Lipinski definition) is 1. The minimum atomic E-state index is -1.08. The van der Waals surface area contributed by atoms with Gasteiger partial charge in [-0.3, -0.25) is 0 Å². The van der Waals surface area contributed by atoms with Gasteiger partial charge in [0.25, 0.3) is 5.22 Å². The van der Waals surface area contributed by atoms with Gasteiger partial charge in [-0.05, 0) is 119 Å². The molecule has 6 nitrogen and oxygen atoms in total. The molecule has 0 aliphatic carbocycles. The van der Waals surface area contributed by atoms with Crippen LogP contribution in [-0.2, 0) is 4.79 Å². The Morgan fingerprint density at radius 1 is 1.20 bits per heavy atom. The molecule has 10 heteroatoms. The van der Waals surface area contributed by atoms with Gasteiger partial charge in [0.15, 0.2) is 0 Å². The number of halogens is 3. The van der Waals surface area contributed by atoms with E-state index in [1.165, 1.54) is 0 Å². The highest BCUT2D eigenvalue weighted by atomic mass is 127. The van der Waals surface area contributed by atoms with E-state index in [1.54, 1.807) is 30.3 Å². The fourth-order valence-corrected chi connectivity index (χ4v) is 5.22. The summed E-state index contributed by atoms with van der Waals surface area (Å²) in [7, 11) is 0. The van der Waals surface area contributed by atoms with E-state index in [0.717, 1.165) is 30.2 Å². The van der Waals surface area contributed by atoms with Crippen LogP contribution in [0.1, 0.15) is 19.4 Å². The van der Waals surface area contributed by atoms with E-state index in [-0.39, 0.29) is 22.1 Å². The predicted octanol–water partition coefficient (Wildman–Crippen LogP) is 6.60. The summed E-state index contributed by atoms with van der Waals surface area (Å²) >= 11 is 11.1. The molecule has 0 saturated carbocycles. The highest BCUT2D eigenvalue weighted by molar-refractivity contribution is 14.1. The Kier molecular flexibility index (Phi) is 8.04. The second-order valence-corrected chi connectivity index (χ2v) is 10.0. The summed E-state index contributed by atoms with van der Waals surface area (Å²) in [5.41, 5.74) is 1.44. The average molecular weight is 669 g/mol. The van der Waals surface area contributed by atoms with E-state index < -0.39 is 5.97 Å². The molecule has 156 valence electrons. The van der Waals surface area contributed by atoms with E-state index in [2.05, 4.69) is 55.4 Å². The van der Waals surface area contributed by atoms with Gasteiger partial charge in [0.05, 0.1) is 13.2 Å². The Morgan fingerprint density at radius 3 is 2.40 bits per heavy atom. The third kappa shape index (κ3) is 6.11. The van der Waals surface area contributed by atoms with Crippen LogP contribution in [0, 0.1) is 7.14 Å². The van der Waals surface area contributed by atoms with Gasteiger partial charge in [0.2, 0.25) is 5.89 Å². The van der Waals surface area contributed by atoms with E-state index in [4.69, 9.17) is 20.8 Å². The van der Waals surface area contributed by atoms with Crippen LogP contribution in [0.25, 0.3) is 17.5 Å². The molecule has 0 aliphatic heterocycles. The lowest BCUT2D eigenvalue weighted by Crippen LogP contribution is -2.08. The summed E-state index contributed by atoms with van der Waals surface area (Å²) in [6, 6.07) is 10.7. The van der Waals surface area contributed by atoms with Crippen molar-refractivity contribution in [1.82, 2.24) is 10.2 Å². The Hall–Kier alpha value is -1.31. The third-order valence-corrected chi connectivity index (χ3v) is 6.28. The molecule has 2 aromatic carbocycles. The van der Waals surface area contributed by atoms with Gasteiger partial charge in [-0.25, -0.2) is 4.79 Å². The Bertz CT molecular complexity index is 1080. The van der Waals surface area contributed by atoms with Crippen LogP contribution in [0.5, 0.6) is 5.75 Å². The number of carbonyl (C=O) groups is 1. The van der Waals surface area contributed by atoms with Crippen molar-refractivity contribution in [2.24, 2.45) is 0 Å². The largest absolute Gasteiger partial charge is 0.489 e. The first-order chi connectivity index (χ1) is 14.2. The van der Waals surface area contributed by atoms with Crippen LogP contribution in [0.3, 0.4) is 0 Å². The van der Waals surface area contributed by atoms with Crippen LogP contribution in [-0.4, -0.2) is 27.4 Å². The maximum absolute atomic E-state index is 11.8.